The third-order valence-corrected chi connectivity index (χ3v) is 2.76. The predicted octanol–water partition coefficient (Wildman–Crippen LogP) is 3.10. The van der Waals surface area contributed by atoms with Gasteiger partial charge in [0, 0.05) is 12.3 Å². The van der Waals surface area contributed by atoms with Crippen molar-refractivity contribution in [2.75, 3.05) is 11.9 Å². The first-order valence-electron chi connectivity index (χ1n) is 6.56. The number of alkyl halides is 2. The largest absolute Gasteiger partial charge is 0.472 e. The van der Waals surface area contributed by atoms with Crippen molar-refractivity contribution in [2.45, 2.75) is 13.0 Å². The minimum absolute atomic E-state index is 0.00229. The SMILES string of the molecule is O=C(NCc1ccc(Cl)cn1)Nc1cccc(OCC(F)F)n1. The molecule has 0 aliphatic carbocycles. The Kier molecular flexibility index (Phi) is 6.04. The summed E-state index contributed by atoms with van der Waals surface area (Å²) in [6, 6.07) is 7.29. The minimum Gasteiger partial charge on any atom is -0.472 e. The Bertz CT molecular complexity index is 655. The summed E-state index contributed by atoms with van der Waals surface area (Å²) in [5.41, 5.74) is 0.631. The van der Waals surface area contributed by atoms with Crippen LogP contribution in [0.2, 0.25) is 5.02 Å². The molecule has 2 amide bonds. The molecule has 6 nitrogen and oxygen atoms in total. The third-order valence-electron chi connectivity index (χ3n) is 2.54. The van der Waals surface area contributed by atoms with Gasteiger partial charge in [0.2, 0.25) is 5.88 Å². The number of rotatable bonds is 6. The number of pyridine rings is 2. The van der Waals surface area contributed by atoms with Crippen LogP contribution in [0, 0.1) is 0 Å². The lowest BCUT2D eigenvalue weighted by Gasteiger charge is -2.09. The summed E-state index contributed by atoms with van der Waals surface area (Å²) in [6.45, 7) is -0.560. The zero-order valence-corrected chi connectivity index (χ0v) is 12.6. The molecule has 2 rings (SSSR count). The van der Waals surface area contributed by atoms with Gasteiger partial charge >= 0.3 is 6.03 Å². The topological polar surface area (TPSA) is 76.1 Å². The van der Waals surface area contributed by atoms with Crippen LogP contribution in [0.25, 0.3) is 0 Å². The fourth-order valence-electron chi connectivity index (χ4n) is 1.56. The molecule has 23 heavy (non-hydrogen) atoms. The first kappa shape index (κ1) is 16.9. The molecule has 0 spiro atoms. The van der Waals surface area contributed by atoms with Gasteiger partial charge in [-0.1, -0.05) is 17.7 Å². The Morgan fingerprint density at radius 1 is 1.30 bits per heavy atom. The second kappa shape index (κ2) is 8.23. The molecule has 0 aromatic carbocycles. The molecule has 2 aromatic heterocycles. The van der Waals surface area contributed by atoms with Crippen LogP contribution in [0.15, 0.2) is 36.5 Å². The Morgan fingerprint density at radius 3 is 2.83 bits per heavy atom. The van der Waals surface area contributed by atoms with Crippen molar-refractivity contribution in [3.8, 4) is 5.88 Å². The van der Waals surface area contributed by atoms with Crippen LogP contribution in [0.3, 0.4) is 0 Å². The van der Waals surface area contributed by atoms with Gasteiger partial charge in [-0.3, -0.25) is 10.3 Å². The van der Waals surface area contributed by atoms with E-state index in [1.54, 1.807) is 12.1 Å². The quantitative estimate of drug-likeness (QED) is 0.845. The second-order valence-corrected chi connectivity index (χ2v) is 4.78. The molecule has 122 valence electrons. The van der Waals surface area contributed by atoms with Gasteiger partial charge in [-0.05, 0) is 18.2 Å². The number of aromatic nitrogens is 2. The van der Waals surface area contributed by atoms with Gasteiger partial charge in [-0.25, -0.2) is 13.6 Å². The van der Waals surface area contributed by atoms with Crippen LogP contribution >= 0.6 is 11.6 Å². The van der Waals surface area contributed by atoms with Crippen LogP contribution in [0.5, 0.6) is 5.88 Å². The van der Waals surface area contributed by atoms with Crippen molar-refractivity contribution in [3.63, 3.8) is 0 Å². The van der Waals surface area contributed by atoms with Crippen LogP contribution in [-0.4, -0.2) is 29.0 Å². The van der Waals surface area contributed by atoms with Gasteiger partial charge in [0.05, 0.1) is 17.3 Å². The number of nitrogens with one attached hydrogen (secondary N) is 2. The summed E-state index contributed by atoms with van der Waals surface area (Å²) in [5, 5.41) is 5.55. The van der Waals surface area contributed by atoms with Crippen molar-refractivity contribution >= 4 is 23.4 Å². The molecule has 9 heteroatoms. The van der Waals surface area contributed by atoms with Crippen LogP contribution in [-0.2, 0) is 6.54 Å². The number of urea groups is 1. The molecule has 0 aliphatic rings. The average molecular weight is 343 g/mol. The highest BCUT2D eigenvalue weighted by molar-refractivity contribution is 6.30. The molecular formula is C14H13ClF2N4O2. The van der Waals surface area contributed by atoms with Gasteiger partial charge in [0.15, 0.2) is 6.61 Å². The predicted molar refractivity (Wildman–Crippen MR) is 80.8 cm³/mol. The zero-order valence-electron chi connectivity index (χ0n) is 11.8. The first-order chi connectivity index (χ1) is 11.0. The number of anilines is 1. The maximum Gasteiger partial charge on any atom is 0.320 e. The molecule has 0 saturated heterocycles. The number of nitrogens with zero attached hydrogens (tertiary/aromatic N) is 2. The Balaban J connectivity index is 1.84. The Morgan fingerprint density at radius 2 is 2.13 bits per heavy atom. The standard InChI is InChI=1S/C14H13ClF2N4O2/c15-9-4-5-10(18-6-9)7-19-14(22)21-12-2-1-3-13(20-12)23-8-11(16)17/h1-6,11H,7-8H2,(H2,19,20,21,22). The van der Waals surface area contributed by atoms with E-state index in [0.29, 0.717) is 10.7 Å². The maximum absolute atomic E-state index is 12.1. The van der Waals surface area contributed by atoms with Crippen molar-refractivity contribution < 1.29 is 18.3 Å². The summed E-state index contributed by atoms with van der Waals surface area (Å²) in [5.74, 6) is 0.181. The van der Waals surface area contributed by atoms with E-state index < -0.39 is 19.1 Å². The fourth-order valence-corrected chi connectivity index (χ4v) is 1.67. The number of ether oxygens (including phenoxy) is 1. The number of amides is 2. The summed E-state index contributed by atoms with van der Waals surface area (Å²) >= 11 is 5.71. The number of carbonyl (C=O) groups excluding carboxylic acids is 1. The van der Waals surface area contributed by atoms with E-state index in [0.717, 1.165) is 0 Å². The molecule has 0 atom stereocenters. The van der Waals surface area contributed by atoms with E-state index in [1.807, 2.05) is 0 Å². The van der Waals surface area contributed by atoms with Crippen LogP contribution < -0.4 is 15.4 Å². The second-order valence-electron chi connectivity index (χ2n) is 4.34. The lowest BCUT2D eigenvalue weighted by Crippen LogP contribution is -2.28. The molecule has 2 heterocycles. The van der Waals surface area contributed by atoms with Crippen molar-refractivity contribution in [1.82, 2.24) is 15.3 Å². The molecule has 0 aliphatic heterocycles. The Labute approximate surface area is 135 Å². The van der Waals surface area contributed by atoms with E-state index in [4.69, 9.17) is 16.3 Å². The molecule has 0 fully saturated rings. The van der Waals surface area contributed by atoms with Gasteiger partial charge < -0.3 is 10.1 Å². The summed E-state index contributed by atoms with van der Waals surface area (Å²) in [7, 11) is 0. The molecule has 0 unspecified atom stereocenters. The highest BCUT2D eigenvalue weighted by Gasteiger charge is 2.07. The molecule has 2 aromatic rings. The number of carbonyl (C=O) groups is 1. The van der Waals surface area contributed by atoms with Gasteiger partial charge in [0.25, 0.3) is 6.43 Å². The van der Waals surface area contributed by atoms with Crippen LogP contribution in [0.1, 0.15) is 5.69 Å². The molecular weight excluding hydrogens is 330 g/mol. The molecule has 0 saturated carbocycles. The monoisotopic (exact) mass is 342 g/mol. The summed E-state index contributed by atoms with van der Waals surface area (Å²) in [4.78, 5) is 19.7. The lowest BCUT2D eigenvalue weighted by molar-refractivity contribution is 0.0796. The lowest BCUT2D eigenvalue weighted by atomic mass is 10.3. The molecule has 2 N–H and O–H groups in total. The van der Waals surface area contributed by atoms with Crippen molar-refractivity contribution in [2.24, 2.45) is 0 Å². The van der Waals surface area contributed by atoms with Crippen LogP contribution in [0.4, 0.5) is 19.4 Å². The van der Waals surface area contributed by atoms with E-state index in [1.165, 1.54) is 24.4 Å². The van der Waals surface area contributed by atoms with Gasteiger partial charge in [-0.15, -0.1) is 0 Å². The fraction of sp³-hybridized carbons (Fsp3) is 0.214. The highest BCUT2D eigenvalue weighted by atomic mass is 35.5. The molecule has 0 bridgehead atoms. The van der Waals surface area contributed by atoms with E-state index >= 15 is 0 Å². The average Bonchev–Trinajstić information content (AvgIpc) is 2.53. The van der Waals surface area contributed by atoms with Gasteiger partial charge in [0.1, 0.15) is 5.82 Å². The number of hydrogen-bond donors (Lipinski definition) is 2. The number of hydrogen-bond acceptors (Lipinski definition) is 4. The minimum atomic E-state index is -2.59. The number of halogens is 3. The zero-order chi connectivity index (χ0) is 16.7. The smallest absolute Gasteiger partial charge is 0.320 e. The van der Waals surface area contributed by atoms with Crippen molar-refractivity contribution in [3.05, 3.63) is 47.2 Å². The maximum atomic E-state index is 12.1. The van der Waals surface area contributed by atoms with Gasteiger partial charge in [-0.2, -0.15) is 4.98 Å². The summed E-state index contributed by atoms with van der Waals surface area (Å²) < 4.78 is 28.9. The first-order valence-corrected chi connectivity index (χ1v) is 6.94. The highest BCUT2D eigenvalue weighted by Crippen LogP contribution is 2.12. The van der Waals surface area contributed by atoms with E-state index in [2.05, 4.69) is 20.6 Å². The third kappa shape index (κ3) is 6.03. The normalized spacial score (nSPS) is 10.4. The van der Waals surface area contributed by atoms with E-state index in [-0.39, 0.29) is 18.2 Å². The summed E-state index contributed by atoms with van der Waals surface area (Å²) in [6.07, 6.45) is -1.12. The Hall–Kier alpha value is -2.48. The van der Waals surface area contributed by atoms with Crippen molar-refractivity contribution in [1.29, 1.82) is 0 Å². The van der Waals surface area contributed by atoms with E-state index in [9.17, 15) is 13.6 Å². The molecule has 0 radical (unpaired) electrons.